The molecule has 0 aliphatic heterocycles. The minimum atomic E-state index is 0.918. The van der Waals surface area contributed by atoms with Crippen LogP contribution >= 0.6 is 0 Å². The lowest BCUT2D eigenvalue weighted by atomic mass is 10.1. The molecule has 0 aliphatic rings. The highest BCUT2D eigenvalue weighted by Gasteiger charge is 2.05. The second kappa shape index (κ2) is 5.15. The standard InChI is InChI=1S/C14H19N3/c1-3-5-10-6-7-13-12(8-10)14(17-15)9-11(4-2)16-13/h6-9H,3-5,15H2,1-2H3,(H,16,17). The maximum atomic E-state index is 5.59. The SMILES string of the molecule is CCCc1ccc2nc(CC)cc(NN)c2c1. The zero-order valence-electron chi connectivity index (χ0n) is 10.5. The van der Waals surface area contributed by atoms with Gasteiger partial charge in [0.25, 0.3) is 0 Å². The van der Waals surface area contributed by atoms with Crippen LogP contribution in [-0.2, 0) is 12.8 Å². The maximum absolute atomic E-state index is 5.59. The van der Waals surface area contributed by atoms with Crippen LogP contribution < -0.4 is 11.3 Å². The average Bonchev–Trinajstić information content (AvgIpc) is 2.37. The van der Waals surface area contributed by atoms with E-state index < -0.39 is 0 Å². The van der Waals surface area contributed by atoms with Gasteiger partial charge < -0.3 is 5.43 Å². The van der Waals surface area contributed by atoms with Crippen molar-refractivity contribution in [2.24, 2.45) is 5.84 Å². The van der Waals surface area contributed by atoms with Crippen molar-refractivity contribution >= 4 is 16.6 Å². The lowest BCUT2D eigenvalue weighted by Gasteiger charge is -2.09. The summed E-state index contributed by atoms with van der Waals surface area (Å²) in [6.07, 6.45) is 3.16. The first-order chi connectivity index (χ1) is 8.28. The number of nitrogens with one attached hydrogen (secondary N) is 1. The molecule has 2 rings (SSSR count). The molecule has 3 heteroatoms. The average molecular weight is 229 g/mol. The van der Waals surface area contributed by atoms with E-state index >= 15 is 0 Å². The zero-order chi connectivity index (χ0) is 12.3. The molecule has 3 N–H and O–H groups in total. The van der Waals surface area contributed by atoms with E-state index in [4.69, 9.17) is 5.84 Å². The summed E-state index contributed by atoms with van der Waals surface area (Å²) in [5.41, 5.74) is 7.15. The lowest BCUT2D eigenvalue weighted by molar-refractivity contribution is 0.923. The fourth-order valence-corrected chi connectivity index (χ4v) is 2.07. The van der Waals surface area contributed by atoms with Crippen molar-refractivity contribution in [1.29, 1.82) is 0 Å². The second-order valence-corrected chi connectivity index (χ2v) is 4.26. The van der Waals surface area contributed by atoms with Crippen LogP contribution in [0.4, 0.5) is 5.69 Å². The summed E-state index contributed by atoms with van der Waals surface area (Å²) < 4.78 is 0. The van der Waals surface area contributed by atoms with Gasteiger partial charge in [-0.3, -0.25) is 10.8 Å². The number of hydrogen-bond donors (Lipinski definition) is 2. The van der Waals surface area contributed by atoms with Crippen LogP contribution in [0.15, 0.2) is 24.3 Å². The largest absolute Gasteiger partial charge is 0.323 e. The third-order valence-corrected chi connectivity index (χ3v) is 2.98. The Morgan fingerprint density at radius 2 is 2.06 bits per heavy atom. The Bertz CT molecular complexity index is 520. The Labute approximate surface area is 102 Å². The van der Waals surface area contributed by atoms with Gasteiger partial charge in [-0.25, -0.2) is 0 Å². The summed E-state index contributed by atoms with van der Waals surface area (Å²) in [6, 6.07) is 8.44. The van der Waals surface area contributed by atoms with Gasteiger partial charge in [-0.1, -0.05) is 26.3 Å². The Morgan fingerprint density at radius 3 is 2.71 bits per heavy atom. The predicted molar refractivity (Wildman–Crippen MR) is 72.9 cm³/mol. The van der Waals surface area contributed by atoms with Gasteiger partial charge in [-0.15, -0.1) is 0 Å². The van der Waals surface area contributed by atoms with Gasteiger partial charge in [0.2, 0.25) is 0 Å². The highest BCUT2D eigenvalue weighted by Crippen LogP contribution is 2.24. The predicted octanol–water partition coefficient (Wildman–Crippen LogP) is 3.04. The highest BCUT2D eigenvalue weighted by atomic mass is 15.2. The molecule has 0 fully saturated rings. The van der Waals surface area contributed by atoms with Crippen molar-refractivity contribution in [1.82, 2.24) is 4.98 Å². The first kappa shape index (κ1) is 11.9. The number of anilines is 1. The molecule has 0 spiro atoms. The number of aryl methyl sites for hydroxylation is 2. The number of hydrogen-bond acceptors (Lipinski definition) is 3. The number of nitrogens with zero attached hydrogens (tertiary/aromatic N) is 1. The number of benzene rings is 1. The minimum Gasteiger partial charge on any atom is -0.323 e. The van der Waals surface area contributed by atoms with Crippen LogP contribution in [0.5, 0.6) is 0 Å². The van der Waals surface area contributed by atoms with Crippen LogP contribution in [0.25, 0.3) is 10.9 Å². The van der Waals surface area contributed by atoms with Gasteiger partial charge in [0.05, 0.1) is 11.2 Å². The molecule has 0 bridgehead atoms. The number of nitrogens with two attached hydrogens (primary N) is 1. The number of rotatable bonds is 4. The van der Waals surface area contributed by atoms with E-state index in [2.05, 4.69) is 42.5 Å². The Hall–Kier alpha value is -1.61. The van der Waals surface area contributed by atoms with E-state index in [1.807, 2.05) is 6.07 Å². The van der Waals surface area contributed by atoms with E-state index in [9.17, 15) is 0 Å². The van der Waals surface area contributed by atoms with Gasteiger partial charge in [-0.05, 0) is 36.6 Å². The van der Waals surface area contributed by atoms with Gasteiger partial charge >= 0.3 is 0 Å². The summed E-state index contributed by atoms with van der Waals surface area (Å²) >= 11 is 0. The third-order valence-electron chi connectivity index (χ3n) is 2.98. The first-order valence-electron chi connectivity index (χ1n) is 6.17. The molecular formula is C14H19N3. The first-order valence-corrected chi connectivity index (χ1v) is 6.17. The fourth-order valence-electron chi connectivity index (χ4n) is 2.07. The molecule has 1 aromatic heterocycles. The maximum Gasteiger partial charge on any atom is 0.0726 e. The van der Waals surface area contributed by atoms with Gasteiger partial charge in [-0.2, -0.15) is 0 Å². The van der Waals surface area contributed by atoms with E-state index in [1.54, 1.807) is 0 Å². The topological polar surface area (TPSA) is 50.9 Å². The summed E-state index contributed by atoms with van der Waals surface area (Å²) in [4.78, 5) is 4.61. The molecule has 0 saturated carbocycles. The van der Waals surface area contributed by atoms with Crippen molar-refractivity contribution in [2.75, 3.05) is 5.43 Å². The quantitative estimate of drug-likeness (QED) is 0.626. The number of aromatic nitrogens is 1. The molecule has 0 saturated heterocycles. The zero-order valence-corrected chi connectivity index (χ0v) is 10.5. The molecule has 0 amide bonds. The number of nitrogen functional groups attached to an aromatic ring is 1. The van der Waals surface area contributed by atoms with Crippen LogP contribution in [0, 0.1) is 0 Å². The van der Waals surface area contributed by atoms with Crippen LogP contribution in [0.3, 0.4) is 0 Å². The Balaban J connectivity index is 2.59. The van der Waals surface area contributed by atoms with E-state index in [-0.39, 0.29) is 0 Å². The molecule has 17 heavy (non-hydrogen) atoms. The normalized spacial score (nSPS) is 10.8. The van der Waals surface area contributed by atoms with E-state index in [0.717, 1.165) is 41.5 Å². The molecule has 90 valence electrons. The van der Waals surface area contributed by atoms with Crippen molar-refractivity contribution in [2.45, 2.75) is 33.1 Å². The smallest absolute Gasteiger partial charge is 0.0726 e. The Morgan fingerprint density at radius 1 is 1.24 bits per heavy atom. The van der Waals surface area contributed by atoms with Crippen molar-refractivity contribution in [3.63, 3.8) is 0 Å². The minimum absolute atomic E-state index is 0.918. The summed E-state index contributed by atoms with van der Waals surface area (Å²) in [5.74, 6) is 5.59. The summed E-state index contributed by atoms with van der Waals surface area (Å²) in [7, 11) is 0. The van der Waals surface area contributed by atoms with Gasteiger partial charge in [0.1, 0.15) is 0 Å². The van der Waals surface area contributed by atoms with Crippen LogP contribution in [0.1, 0.15) is 31.5 Å². The van der Waals surface area contributed by atoms with E-state index in [1.165, 1.54) is 5.56 Å². The monoisotopic (exact) mass is 229 g/mol. The fraction of sp³-hybridized carbons (Fsp3) is 0.357. The molecule has 1 aromatic carbocycles. The van der Waals surface area contributed by atoms with E-state index in [0.29, 0.717) is 0 Å². The van der Waals surface area contributed by atoms with Crippen molar-refractivity contribution in [3.05, 3.63) is 35.5 Å². The van der Waals surface area contributed by atoms with Gasteiger partial charge in [0.15, 0.2) is 0 Å². The molecule has 0 atom stereocenters. The molecule has 0 aliphatic carbocycles. The summed E-state index contributed by atoms with van der Waals surface area (Å²) in [6.45, 7) is 4.28. The molecule has 3 nitrogen and oxygen atoms in total. The number of fused-ring (bicyclic) bond motifs is 1. The molecular weight excluding hydrogens is 210 g/mol. The third kappa shape index (κ3) is 2.39. The number of pyridine rings is 1. The summed E-state index contributed by atoms with van der Waals surface area (Å²) in [5, 5.41) is 1.11. The highest BCUT2D eigenvalue weighted by molar-refractivity contribution is 5.91. The van der Waals surface area contributed by atoms with Crippen LogP contribution in [0.2, 0.25) is 0 Å². The van der Waals surface area contributed by atoms with Crippen molar-refractivity contribution < 1.29 is 0 Å². The van der Waals surface area contributed by atoms with Gasteiger partial charge in [0, 0.05) is 11.1 Å². The molecule has 1 heterocycles. The lowest BCUT2D eigenvalue weighted by Crippen LogP contribution is -2.08. The second-order valence-electron chi connectivity index (χ2n) is 4.26. The molecule has 0 unspecified atom stereocenters. The number of hydrazine groups is 1. The molecule has 0 radical (unpaired) electrons. The Kier molecular flexibility index (Phi) is 3.59. The van der Waals surface area contributed by atoms with Crippen LogP contribution in [-0.4, -0.2) is 4.98 Å². The molecule has 2 aromatic rings. The van der Waals surface area contributed by atoms with Crippen molar-refractivity contribution in [3.8, 4) is 0 Å².